The summed E-state index contributed by atoms with van der Waals surface area (Å²) in [6.45, 7) is 0. The Kier molecular flexibility index (Phi) is 2.70. The maximum Gasteiger partial charge on any atom is 0.492 e. The molecule has 5 heteroatoms. The Labute approximate surface area is 164 Å². The van der Waals surface area contributed by atoms with Crippen molar-refractivity contribution in [1.82, 2.24) is 0 Å². The fourth-order valence-corrected chi connectivity index (χ4v) is 4.83. The molecule has 0 saturated heterocycles. The van der Waals surface area contributed by atoms with Crippen LogP contribution in [0.2, 0.25) is 0 Å². The van der Waals surface area contributed by atoms with Crippen LogP contribution >= 0.6 is 0 Å². The smallest absolute Gasteiger partial charge is 0.452 e. The van der Waals surface area contributed by atoms with E-state index in [0.29, 0.717) is 22.2 Å². The molecule has 7 aromatic rings. The third-order valence-electron chi connectivity index (χ3n) is 6.05. The molecule has 0 saturated carbocycles. The summed E-state index contributed by atoms with van der Waals surface area (Å²) >= 11 is 0. The van der Waals surface area contributed by atoms with Crippen LogP contribution in [0, 0.1) is 0 Å². The van der Waals surface area contributed by atoms with Gasteiger partial charge in [-0.15, -0.1) is 0 Å². The molecule has 0 spiro atoms. The minimum Gasteiger partial charge on any atom is -0.452 e. The molecular weight excluding hydrogens is 363 g/mol. The van der Waals surface area contributed by atoms with Gasteiger partial charge in [-0.2, -0.15) is 0 Å². The first-order valence-corrected chi connectivity index (χ1v) is 9.51. The lowest BCUT2D eigenvalue weighted by atomic mass is 9.78. The molecule has 0 aliphatic rings. The Bertz CT molecular complexity index is 1740. The van der Waals surface area contributed by atoms with E-state index < -0.39 is 7.12 Å². The maximum atomic E-state index is 9.92. The second kappa shape index (κ2) is 5.09. The van der Waals surface area contributed by atoms with E-state index in [1.807, 2.05) is 42.5 Å². The summed E-state index contributed by atoms with van der Waals surface area (Å²) in [5, 5.41) is 28.1. The van der Waals surface area contributed by atoms with E-state index in [0.717, 1.165) is 48.7 Å². The third kappa shape index (κ3) is 1.77. The highest BCUT2D eigenvalue weighted by atomic mass is 16.4. The molecule has 2 aromatic heterocycles. The van der Waals surface area contributed by atoms with Gasteiger partial charge < -0.3 is 18.9 Å². The van der Waals surface area contributed by atoms with Crippen molar-refractivity contribution < 1.29 is 18.9 Å². The molecule has 2 N–H and O–H groups in total. The van der Waals surface area contributed by atoms with E-state index >= 15 is 0 Å². The van der Waals surface area contributed by atoms with Gasteiger partial charge >= 0.3 is 7.12 Å². The summed E-state index contributed by atoms with van der Waals surface area (Å²) in [6, 6.07) is 22.1. The minimum atomic E-state index is -1.61. The number of fused-ring (bicyclic) bond motifs is 7. The predicted octanol–water partition coefficient (Wildman–Crippen LogP) is 4.91. The lowest BCUT2D eigenvalue weighted by Gasteiger charge is -2.09. The van der Waals surface area contributed by atoms with Gasteiger partial charge in [0.2, 0.25) is 0 Å². The Morgan fingerprint density at radius 1 is 0.552 bits per heavy atom. The van der Waals surface area contributed by atoms with Gasteiger partial charge in [0.05, 0.1) is 0 Å². The molecule has 4 nitrogen and oxygen atoms in total. The van der Waals surface area contributed by atoms with E-state index in [1.54, 1.807) is 6.07 Å². The molecule has 2 heterocycles. The van der Waals surface area contributed by atoms with E-state index in [2.05, 4.69) is 18.2 Å². The Hall–Kier alpha value is -3.54. The van der Waals surface area contributed by atoms with Gasteiger partial charge in [-0.1, -0.05) is 54.6 Å². The van der Waals surface area contributed by atoms with Gasteiger partial charge in [-0.05, 0) is 33.7 Å². The van der Waals surface area contributed by atoms with Gasteiger partial charge in [0.1, 0.15) is 11.2 Å². The highest BCUT2D eigenvalue weighted by Gasteiger charge is 2.26. The number of hydrogen-bond donors (Lipinski definition) is 2. The van der Waals surface area contributed by atoms with Crippen LogP contribution in [0.25, 0.3) is 65.4 Å². The SMILES string of the molecule is OB(O)c1ccc2c3ccccc3c3cc4c5ccccc5oc4c4oc1c2c34. The fraction of sp³-hybridized carbons (Fsp3) is 0. The molecule has 136 valence electrons. The zero-order valence-corrected chi connectivity index (χ0v) is 15.1. The second-order valence-electron chi connectivity index (χ2n) is 7.53. The number of hydrogen-bond acceptors (Lipinski definition) is 4. The Morgan fingerprint density at radius 2 is 1.24 bits per heavy atom. The van der Waals surface area contributed by atoms with Crippen LogP contribution in [0.4, 0.5) is 0 Å². The molecule has 0 atom stereocenters. The van der Waals surface area contributed by atoms with Gasteiger partial charge in [0.25, 0.3) is 0 Å². The molecule has 0 bridgehead atoms. The average molecular weight is 376 g/mol. The first-order chi connectivity index (χ1) is 14.2. The first-order valence-electron chi connectivity index (χ1n) is 9.51. The second-order valence-corrected chi connectivity index (χ2v) is 7.53. The van der Waals surface area contributed by atoms with Crippen LogP contribution < -0.4 is 5.46 Å². The maximum absolute atomic E-state index is 9.92. The molecular formula is C24H13BO4. The summed E-state index contributed by atoms with van der Waals surface area (Å²) in [5.41, 5.74) is 2.99. The summed E-state index contributed by atoms with van der Waals surface area (Å²) in [6.07, 6.45) is 0. The van der Waals surface area contributed by atoms with Crippen LogP contribution in [0.1, 0.15) is 0 Å². The zero-order chi connectivity index (χ0) is 19.3. The van der Waals surface area contributed by atoms with Crippen molar-refractivity contribution in [3.63, 3.8) is 0 Å². The number of benzene rings is 5. The van der Waals surface area contributed by atoms with Crippen molar-refractivity contribution >= 4 is 78.0 Å². The summed E-state index contributed by atoms with van der Waals surface area (Å²) < 4.78 is 12.5. The van der Waals surface area contributed by atoms with Crippen molar-refractivity contribution in [1.29, 1.82) is 0 Å². The topological polar surface area (TPSA) is 66.7 Å². The van der Waals surface area contributed by atoms with Crippen molar-refractivity contribution in [2.75, 3.05) is 0 Å². The largest absolute Gasteiger partial charge is 0.492 e. The molecule has 29 heavy (non-hydrogen) atoms. The molecule has 5 aromatic carbocycles. The van der Waals surface area contributed by atoms with Gasteiger partial charge in [0, 0.05) is 27.0 Å². The lowest BCUT2D eigenvalue weighted by Crippen LogP contribution is -2.30. The van der Waals surface area contributed by atoms with Crippen LogP contribution in [0.3, 0.4) is 0 Å². The van der Waals surface area contributed by atoms with Crippen molar-refractivity contribution in [2.45, 2.75) is 0 Å². The van der Waals surface area contributed by atoms with Gasteiger partial charge in [0.15, 0.2) is 11.2 Å². The molecule has 0 aliphatic heterocycles. The summed E-state index contributed by atoms with van der Waals surface area (Å²) in [4.78, 5) is 0. The summed E-state index contributed by atoms with van der Waals surface area (Å²) in [5.74, 6) is 0. The van der Waals surface area contributed by atoms with Gasteiger partial charge in [-0.25, -0.2) is 0 Å². The quantitative estimate of drug-likeness (QED) is 0.316. The highest BCUT2D eigenvalue weighted by Crippen LogP contribution is 2.46. The van der Waals surface area contributed by atoms with E-state index in [9.17, 15) is 10.0 Å². The lowest BCUT2D eigenvalue weighted by molar-refractivity contribution is 0.425. The van der Waals surface area contributed by atoms with Crippen LogP contribution in [-0.2, 0) is 0 Å². The number of rotatable bonds is 1. The first kappa shape index (κ1) is 15.4. The minimum absolute atomic E-state index is 0.356. The van der Waals surface area contributed by atoms with Crippen LogP contribution in [-0.4, -0.2) is 17.2 Å². The molecule has 0 amide bonds. The third-order valence-corrected chi connectivity index (χ3v) is 6.05. The number of furan rings is 2. The Balaban J connectivity index is 1.89. The van der Waals surface area contributed by atoms with E-state index in [4.69, 9.17) is 8.83 Å². The summed E-state index contributed by atoms with van der Waals surface area (Å²) in [7, 11) is -1.61. The van der Waals surface area contributed by atoms with E-state index in [1.165, 1.54) is 0 Å². The number of para-hydroxylation sites is 1. The monoisotopic (exact) mass is 376 g/mol. The van der Waals surface area contributed by atoms with Crippen molar-refractivity contribution in [3.05, 3.63) is 66.7 Å². The van der Waals surface area contributed by atoms with Crippen LogP contribution in [0.15, 0.2) is 75.6 Å². The van der Waals surface area contributed by atoms with Crippen molar-refractivity contribution in [3.8, 4) is 0 Å². The molecule has 0 aliphatic carbocycles. The fourth-order valence-electron chi connectivity index (χ4n) is 4.83. The van der Waals surface area contributed by atoms with Gasteiger partial charge in [-0.3, -0.25) is 0 Å². The zero-order valence-electron chi connectivity index (χ0n) is 15.1. The van der Waals surface area contributed by atoms with Crippen LogP contribution in [0.5, 0.6) is 0 Å². The predicted molar refractivity (Wildman–Crippen MR) is 117 cm³/mol. The normalized spacial score (nSPS) is 12.5. The molecule has 0 radical (unpaired) electrons. The highest BCUT2D eigenvalue weighted by molar-refractivity contribution is 6.62. The molecule has 0 fully saturated rings. The average Bonchev–Trinajstić information content (AvgIpc) is 3.31. The van der Waals surface area contributed by atoms with E-state index in [-0.39, 0.29) is 0 Å². The van der Waals surface area contributed by atoms with Crippen molar-refractivity contribution in [2.24, 2.45) is 0 Å². The molecule has 0 unspecified atom stereocenters. The molecule has 7 rings (SSSR count). The Morgan fingerprint density at radius 3 is 2.03 bits per heavy atom. The standard InChI is InChI=1S/C24H13BO4/c26-25(27)18-10-9-15-12-5-1-2-6-13(12)16-11-17-14-7-3-4-8-19(14)28-22(17)24-21(16)20(15)23(18)29-24/h1-11,26-27H.